The summed E-state index contributed by atoms with van der Waals surface area (Å²) in [5, 5.41) is 1.11. The van der Waals surface area contributed by atoms with Crippen molar-refractivity contribution in [1.82, 2.24) is 0 Å². The van der Waals surface area contributed by atoms with Crippen LogP contribution >= 0.6 is 0 Å². The third-order valence-corrected chi connectivity index (χ3v) is 4.15. The van der Waals surface area contributed by atoms with E-state index in [0.717, 1.165) is 11.7 Å². The van der Waals surface area contributed by atoms with Crippen molar-refractivity contribution in [2.45, 2.75) is 25.1 Å². The fourth-order valence-electron chi connectivity index (χ4n) is 1.16. The normalized spacial score (nSPS) is 9.93. The molecule has 82 valence electrons. The van der Waals surface area contributed by atoms with E-state index in [1.165, 1.54) is 4.46 Å². The molecule has 0 saturated carbocycles. The molecule has 0 aliphatic rings. The fourth-order valence-corrected chi connectivity index (χ4v) is 2.99. The molecule has 0 N–H and O–H groups in total. The minimum atomic E-state index is -0.0682. The average Bonchev–Trinajstić information content (AvgIpc) is 2.26. The van der Waals surface area contributed by atoms with E-state index >= 15 is 0 Å². The number of rotatable bonds is 6. The van der Waals surface area contributed by atoms with E-state index < -0.39 is 0 Å². The molecule has 1 rings (SSSR count). The van der Waals surface area contributed by atoms with E-state index in [1.54, 1.807) is 0 Å². The van der Waals surface area contributed by atoms with Crippen LogP contribution in [0.2, 0.25) is 5.32 Å². The molecule has 0 fully saturated rings. The second-order valence-electron chi connectivity index (χ2n) is 3.07. The summed E-state index contributed by atoms with van der Waals surface area (Å²) in [6, 6.07) is 10.4. The van der Waals surface area contributed by atoms with Crippen LogP contribution in [0.1, 0.15) is 19.8 Å². The Balaban J connectivity index is 2.10. The third-order valence-electron chi connectivity index (χ3n) is 1.84. The average molecular weight is 271 g/mol. The molecule has 0 aliphatic carbocycles. The number of ether oxygens (including phenoxy) is 1. The topological polar surface area (TPSA) is 26.3 Å². The summed E-state index contributed by atoms with van der Waals surface area (Å²) >= 11 is 0.494. The van der Waals surface area contributed by atoms with Crippen LogP contribution in [0.15, 0.2) is 30.3 Å². The Bertz CT molecular complexity index is 285. The molecule has 0 aliphatic heterocycles. The molecule has 1 aromatic rings. The first-order chi connectivity index (χ1) is 7.33. The molecule has 1 aromatic carbocycles. The van der Waals surface area contributed by atoms with Gasteiger partial charge in [-0.25, -0.2) is 0 Å². The molecule has 0 heterocycles. The zero-order chi connectivity index (χ0) is 10.9. The first kappa shape index (κ1) is 12.3. The molecule has 0 amide bonds. The molecule has 0 unspecified atom stereocenters. The molecule has 3 heteroatoms. The predicted octanol–water partition coefficient (Wildman–Crippen LogP) is 1.78. The van der Waals surface area contributed by atoms with Gasteiger partial charge in [-0.3, -0.25) is 0 Å². The van der Waals surface area contributed by atoms with E-state index in [2.05, 4.69) is 24.3 Å². The van der Waals surface area contributed by atoms with Crippen LogP contribution in [0, 0.1) is 0 Å². The standard InChI is InChI=1S/C12H16O2Se/c1-2-14-12(13)9-6-10-15-11-7-4-3-5-8-11/h3-5,7-8H,2,6,9-10H2,1H3. The first-order valence-corrected chi connectivity index (χ1v) is 7.23. The van der Waals surface area contributed by atoms with Crippen LogP contribution in [-0.2, 0) is 9.53 Å². The van der Waals surface area contributed by atoms with Gasteiger partial charge in [0.15, 0.2) is 0 Å². The van der Waals surface area contributed by atoms with E-state index in [-0.39, 0.29) is 5.97 Å². The molecule has 0 radical (unpaired) electrons. The van der Waals surface area contributed by atoms with Crippen molar-refractivity contribution < 1.29 is 9.53 Å². The van der Waals surface area contributed by atoms with Crippen LogP contribution in [0.3, 0.4) is 0 Å². The predicted molar refractivity (Wildman–Crippen MR) is 62.5 cm³/mol. The van der Waals surface area contributed by atoms with Gasteiger partial charge in [0, 0.05) is 0 Å². The van der Waals surface area contributed by atoms with E-state index in [4.69, 9.17) is 4.74 Å². The summed E-state index contributed by atoms with van der Waals surface area (Å²) in [5.41, 5.74) is 0. The van der Waals surface area contributed by atoms with E-state index in [1.807, 2.05) is 13.0 Å². The molecule has 15 heavy (non-hydrogen) atoms. The Morgan fingerprint density at radius 1 is 1.33 bits per heavy atom. The van der Waals surface area contributed by atoms with Gasteiger partial charge >= 0.3 is 96.9 Å². The zero-order valence-electron chi connectivity index (χ0n) is 8.94. The summed E-state index contributed by atoms with van der Waals surface area (Å²) in [6.45, 7) is 2.33. The summed E-state index contributed by atoms with van der Waals surface area (Å²) in [4.78, 5) is 11.0. The van der Waals surface area contributed by atoms with Crippen LogP contribution in [-0.4, -0.2) is 27.5 Å². The van der Waals surface area contributed by atoms with E-state index in [9.17, 15) is 4.79 Å². The summed E-state index contributed by atoms with van der Waals surface area (Å²) < 4.78 is 6.26. The van der Waals surface area contributed by atoms with Gasteiger partial charge in [0.2, 0.25) is 0 Å². The second kappa shape index (κ2) is 7.49. The van der Waals surface area contributed by atoms with E-state index in [0.29, 0.717) is 28.0 Å². The number of hydrogen-bond acceptors (Lipinski definition) is 2. The van der Waals surface area contributed by atoms with Crippen LogP contribution in [0.5, 0.6) is 0 Å². The summed E-state index contributed by atoms with van der Waals surface area (Å²) in [6.07, 6.45) is 1.50. The van der Waals surface area contributed by atoms with Crippen LogP contribution in [0.25, 0.3) is 0 Å². The molecule has 2 nitrogen and oxygen atoms in total. The van der Waals surface area contributed by atoms with Gasteiger partial charge in [0.1, 0.15) is 0 Å². The van der Waals surface area contributed by atoms with Crippen molar-refractivity contribution in [1.29, 1.82) is 0 Å². The molecule has 0 spiro atoms. The SMILES string of the molecule is CCOC(=O)CCC[Se]c1ccccc1. The van der Waals surface area contributed by atoms with Crippen molar-refractivity contribution in [3.63, 3.8) is 0 Å². The Hall–Kier alpha value is -0.791. The molecule has 0 bridgehead atoms. The number of esters is 1. The Morgan fingerprint density at radius 3 is 2.73 bits per heavy atom. The van der Waals surface area contributed by atoms with Crippen molar-refractivity contribution in [3.05, 3.63) is 30.3 Å². The number of carbonyl (C=O) groups excluding carboxylic acids is 1. The Labute approximate surface area is 97.2 Å². The number of carbonyl (C=O) groups is 1. The fraction of sp³-hybridized carbons (Fsp3) is 0.417. The van der Waals surface area contributed by atoms with Gasteiger partial charge in [-0.1, -0.05) is 0 Å². The number of hydrogen-bond donors (Lipinski definition) is 0. The maximum absolute atomic E-state index is 11.0. The zero-order valence-corrected chi connectivity index (χ0v) is 10.7. The molecular weight excluding hydrogens is 255 g/mol. The van der Waals surface area contributed by atoms with Crippen molar-refractivity contribution >= 4 is 25.4 Å². The van der Waals surface area contributed by atoms with Gasteiger partial charge < -0.3 is 0 Å². The third kappa shape index (κ3) is 5.60. The van der Waals surface area contributed by atoms with Gasteiger partial charge in [-0.15, -0.1) is 0 Å². The quantitative estimate of drug-likeness (QED) is 0.448. The molecule has 0 atom stereocenters. The van der Waals surface area contributed by atoms with Gasteiger partial charge in [-0.05, 0) is 0 Å². The van der Waals surface area contributed by atoms with Crippen LogP contribution in [0.4, 0.5) is 0 Å². The second-order valence-corrected chi connectivity index (χ2v) is 5.52. The Morgan fingerprint density at radius 2 is 2.07 bits per heavy atom. The van der Waals surface area contributed by atoms with Gasteiger partial charge in [0.25, 0.3) is 0 Å². The Kier molecular flexibility index (Phi) is 6.14. The monoisotopic (exact) mass is 272 g/mol. The molecule has 0 saturated heterocycles. The summed E-state index contributed by atoms with van der Waals surface area (Å²) in [7, 11) is 0. The molecule has 0 aromatic heterocycles. The number of benzene rings is 1. The summed E-state index contributed by atoms with van der Waals surface area (Å²) in [5.74, 6) is -0.0682. The van der Waals surface area contributed by atoms with Crippen molar-refractivity contribution in [2.24, 2.45) is 0 Å². The van der Waals surface area contributed by atoms with Crippen LogP contribution < -0.4 is 4.46 Å². The first-order valence-electron chi connectivity index (χ1n) is 5.16. The van der Waals surface area contributed by atoms with Gasteiger partial charge in [-0.2, -0.15) is 0 Å². The molecular formula is C12H16O2Se. The maximum atomic E-state index is 11.0. The minimum absolute atomic E-state index is 0.0682. The van der Waals surface area contributed by atoms with Gasteiger partial charge in [0.05, 0.1) is 0 Å². The van der Waals surface area contributed by atoms with Crippen molar-refractivity contribution in [2.75, 3.05) is 6.61 Å². The van der Waals surface area contributed by atoms with Crippen molar-refractivity contribution in [3.8, 4) is 0 Å².